The van der Waals surface area contributed by atoms with Gasteiger partial charge in [-0.3, -0.25) is 0 Å². The van der Waals surface area contributed by atoms with Crippen LogP contribution in [0.4, 0.5) is 0 Å². The van der Waals surface area contributed by atoms with E-state index < -0.39 is 0 Å². The molecule has 0 aromatic heterocycles. The Labute approximate surface area is 140 Å². The zero-order valence-corrected chi connectivity index (χ0v) is 14.8. The Morgan fingerprint density at radius 2 is 1.91 bits per heavy atom. The molecule has 23 heavy (non-hydrogen) atoms. The summed E-state index contributed by atoms with van der Waals surface area (Å²) in [7, 11) is 0. The second-order valence-electron chi connectivity index (χ2n) is 6.88. The lowest BCUT2D eigenvalue weighted by atomic mass is 9.79. The molecule has 1 N–H and O–H groups in total. The number of carbonyl (C=O) groups excluding carboxylic acids is 1. The van der Waals surface area contributed by atoms with Crippen LogP contribution in [0.15, 0.2) is 36.4 Å². The van der Waals surface area contributed by atoms with E-state index in [1.165, 1.54) is 11.6 Å². The lowest BCUT2D eigenvalue weighted by Gasteiger charge is -2.26. The molecule has 128 valence electrons. The van der Waals surface area contributed by atoms with Crippen LogP contribution in [-0.4, -0.2) is 17.7 Å². The number of hydrogen-bond acceptors (Lipinski definition) is 3. The van der Waals surface area contributed by atoms with E-state index >= 15 is 0 Å². The van der Waals surface area contributed by atoms with E-state index in [-0.39, 0.29) is 11.4 Å². The Morgan fingerprint density at radius 1 is 1.26 bits per heavy atom. The van der Waals surface area contributed by atoms with E-state index in [0.29, 0.717) is 18.3 Å². The number of aromatic hydroxyl groups is 1. The Morgan fingerprint density at radius 3 is 2.52 bits per heavy atom. The minimum atomic E-state index is -0.256. The minimum Gasteiger partial charge on any atom is -0.508 e. The first-order chi connectivity index (χ1) is 10.8. The van der Waals surface area contributed by atoms with Crippen molar-refractivity contribution in [3.8, 4) is 5.75 Å². The second-order valence-corrected chi connectivity index (χ2v) is 6.88. The van der Waals surface area contributed by atoms with Crippen LogP contribution in [0.1, 0.15) is 58.9 Å². The van der Waals surface area contributed by atoms with Crippen molar-refractivity contribution in [1.82, 2.24) is 0 Å². The van der Waals surface area contributed by atoms with E-state index in [9.17, 15) is 9.90 Å². The molecule has 0 radical (unpaired) electrons. The zero-order chi connectivity index (χ0) is 17.3. The van der Waals surface area contributed by atoms with Crippen LogP contribution < -0.4 is 0 Å². The van der Waals surface area contributed by atoms with Gasteiger partial charge in [-0.2, -0.15) is 0 Å². The smallest absolute Gasteiger partial charge is 0.330 e. The Bertz CT molecular complexity index is 500. The summed E-state index contributed by atoms with van der Waals surface area (Å²) in [6, 6.07) is 7.50. The number of phenols is 1. The normalized spacial score (nSPS) is 13.2. The fourth-order valence-electron chi connectivity index (χ4n) is 2.64. The summed E-state index contributed by atoms with van der Waals surface area (Å²) >= 11 is 0. The summed E-state index contributed by atoms with van der Waals surface area (Å²) in [5.41, 5.74) is 1.36. The fourth-order valence-corrected chi connectivity index (χ4v) is 2.64. The van der Waals surface area contributed by atoms with Gasteiger partial charge < -0.3 is 9.84 Å². The standard InChI is InChI=1S/C20H30O3/c1-5-7-19(22)23-15-13-16(2)8-6-14-20(3,4)17-9-11-18(21)12-10-17/h5,7,9-12,16,21H,6,8,13-15H2,1-4H3. The highest BCUT2D eigenvalue weighted by Gasteiger charge is 2.20. The Balaban J connectivity index is 2.29. The van der Waals surface area contributed by atoms with Gasteiger partial charge >= 0.3 is 5.97 Å². The van der Waals surface area contributed by atoms with Crippen molar-refractivity contribution < 1.29 is 14.6 Å². The highest BCUT2D eigenvalue weighted by molar-refractivity contribution is 5.81. The Hall–Kier alpha value is -1.77. The molecule has 0 saturated carbocycles. The van der Waals surface area contributed by atoms with Crippen LogP contribution in [-0.2, 0) is 14.9 Å². The van der Waals surface area contributed by atoms with Crippen LogP contribution in [0.25, 0.3) is 0 Å². The van der Waals surface area contributed by atoms with Crippen molar-refractivity contribution in [3.05, 3.63) is 42.0 Å². The van der Waals surface area contributed by atoms with Gasteiger partial charge in [-0.05, 0) is 48.8 Å². The van der Waals surface area contributed by atoms with Crippen molar-refractivity contribution in [3.63, 3.8) is 0 Å². The molecule has 0 amide bonds. The molecule has 3 nitrogen and oxygen atoms in total. The van der Waals surface area contributed by atoms with Crippen molar-refractivity contribution in [2.24, 2.45) is 5.92 Å². The molecule has 0 heterocycles. The molecule has 1 aromatic rings. The molecule has 0 bridgehead atoms. The lowest BCUT2D eigenvalue weighted by molar-refractivity contribution is -0.138. The molecule has 0 aliphatic heterocycles. The van der Waals surface area contributed by atoms with Crippen LogP contribution >= 0.6 is 0 Å². The summed E-state index contributed by atoms with van der Waals surface area (Å²) in [5.74, 6) is 0.600. The maximum Gasteiger partial charge on any atom is 0.330 e. The van der Waals surface area contributed by atoms with Crippen LogP contribution in [0.5, 0.6) is 5.75 Å². The summed E-state index contributed by atoms with van der Waals surface area (Å²) in [6.45, 7) is 8.98. The number of benzene rings is 1. The molecule has 0 spiro atoms. The molecule has 1 atom stereocenters. The second kappa shape index (κ2) is 9.39. The maximum absolute atomic E-state index is 11.2. The van der Waals surface area contributed by atoms with Gasteiger partial charge in [0.1, 0.15) is 5.75 Å². The van der Waals surface area contributed by atoms with Gasteiger partial charge in [0.05, 0.1) is 6.61 Å². The largest absolute Gasteiger partial charge is 0.508 e. The van der Waals surface area contributed by atoms with E-state index in [1.807, 2.05) is 12.1 Å². The first-order valence-electron chi connectivity index (χ1n) is 8.44. The topological polar surface area (TPSA) is 46.5 Å². The maximum atomic E-state index is 11.2. The SMILES string of the molecule is CC=CC(=O)OCCC(C)CCCC(C)(C)c1ccc(O)cc1. The van der Waals surface area contributed by atoms with Crippen molar-refractivity contribution >= 4 is 5.97 Å². The third kappa shape index (κ3) is 7.36. The summed E-state index contributed by atoms with van der Waals surface area (Å²) in [5, 5.41) is 9.39. The number of allylic oxidation sites excluding steroid dienone is 1. The fraction of sp³-hybridized carbons (Fsp3) is 0.550. The molecule has 0 saturated heterocycles. The summed E-state index contributed by atoms with van der Waals surface area (Å²) in [4.78, 5) is 11.2. The van der Waals surface area contributed by atoms with Gasteiger partial charge in [0, 0.05) is 6.08 Å². The van der Waals surface area contributed by atoms with Crippen molar-refractivity contribution in [2.75, 3.05) is 6.61 Å². The van der Waals surface area contributed by atoms with Crippen molar-refractivity contribution in [1.29, 1.82) is 0 Å². The number of rotatable bonds is 9. The van der Waals surface area contributed by atoms with Gasteiger partial charge in [-0.25, -0.2) is 4.79 Å². The zero-order valence-electron chi connectivity index (χ0n) is 14.8. The molecule has 0 aliphatic carbocycles. The number of ether oxygens (including phenoxy) is 1. The molecular weight excluding hydrogens is 288 g/mol. The van der Waals surface area contributed by atoms with E-state index in [2.05, 4.69) is 20.8 Å². The average molecular weight is 318 g/mol. The molecule has 0 fully saturated rings. The molecular formula is C20H30O3. The highest BCUT2D eigenvalue weighted by atomic mass is 16.5. The predicted molar refractivity (Wildman–Crippen MR) is 94.5 cm³/mol. The highest BCUT2D eigenvalue weighted by Crippen LogP contribution is 2.31. The summed E-state index contributed by atoms with van der Waals surface area (Å²) < 4.78 is 5.13. The van der Waals surface area contributed by atoms with Gasteiger partial charge in [0.15, 0.2) is 0 Å². The number of hydrogen-bond donors (Lipinski definition) is 1. The summed E-state index contributed by atoms with van der Waals surface area (Å²) in [6.07, 6.45) is 7.41. The van der Waals surface area contributed by atoms with E-state index in [0.717, 1.165) is 25.7 Å². The van der Waals surface area contributed by atoms with Gasteiger partial charge in [0.25, 0.3) is 0 Å². The van der Waals surface area contributed by atoms with Crippen LogP contribution in [0.2, 0.25) is 0 Å². The third-order valence-corrected chi connectivity index (χ3v) is 4.31. The van der Waals surface area contributed by atoms with Gasteiger partial charge in [0.2, 0.25) is 0 Å². The number of esters is 1. The number of phenolic OH excluding ortho intramolecular Hbond substituents is 1. The molecule has 1 unspecified atom stereocenters. The lowest BCUT2D eigenvalue weighted by Crippen LogP contribution is -2.17. The predicted octanol–water partition coefficient (Wildman–Crippen LogP) is 4.99. The minimum absolute atomic E-state index is 0.103. The molecule has 1 rings (SSSR count). The molecule has 0 aliphatic rings. The third-order valence-electron chi connectivity index (χ3n) is 4.31. The van der Waals surface area contributed by atoms with Gasteiger partial charge in [-0.1, -0.05) is 51.8 Å². The van der Waals surface area contributed by atoms with Gasteiger partial charge in [-0.15, -0.1) is 0 Å². The molecule has 3 heteroatoms. The average Bonchev–Trinajstić information content (AvgIpc) is 2.47. The molecule has 1 aromatic carbocycles. The quantitative estimate of drug-likeness (QED) is 0.515. The van der Waals surface area contributed by atoms with Crippen LogP contribution in [0.3, 0.4) is 0 Å². The number of carbonyl (C=O) groups is 1. The van der Waals surface area contributed by atoms with Crippen LogP contribution in [0, 0.1) is 5.92 Å². The first-order valence-corrected chi connectivity index (χ1v) is 8.44. The Kier molecular flexibility index (Phi) is 7.87. The monoisotopic (exact) mass is 318 g/mol. The van der Waals surface area contributed by atoms with Crippen molar-refractivity contribution in [2.45, 2.75) is 58.8 Å². The first kappa shape index (κ1) is 19.3. The van der Waals surface area contributed by atoms with E-state index in [4.69, 9.17) is 4.74 Å². The van der Waals surface area contributed by atoms with E-state index in [1.54, 1.807) is 25.1 Å².